The van der Waals surface area contributed by atoms with Gasteiger partial charge in [0.15, 0.2) is 6.61 Å². The Bertz CT molecular complexity index is 1060. The molecule has 0 saturated heterocycles. The van der Waals surface area contributed by atoms with Crippen LogP contribution in [0.25, 0.3) is 0 Å². The zero-order chi connectivity index (χ0) is 24.5. The first-order chi connectivity index (χ1) is 15.5. The zero-order valence-electron chi connectivity index (χ0n) is 17.4. The molecule has 2 aromatic rings. The summed E-state index contributed by atoms with van der Waals surface area (Å²) >= 11 is 0. The van der Waals surface area contributed by atoms with E-state index >= 15 is 0 Å². The first kappa shape index (κ1) is 25.9. The highest BCUT2D eigenvalue weighted by atomic mass is 32.2. The van der Waals surface area contributed by atoms with E-state index in [1.807, 2.05) is 5.43 Å². The Morgan fingerprint density at radius 1 is 0.939 bits per heavy atom. The Kier molecular flexibility index (Phi) is 9.05. The molecule has 0 aliphatic heterocycles. The number of ether oxygens (including phenoxy) is 2. The maximum atomic E-state index is 12.7. The van der Waals surface area contributed by atoms with Crippen molar-refractivity contribution in [3.05, 3.63) is 54.1 Å². The van der Waals surface area contributed by atoms with Crippen molar-refractivity contribution in [3.63, 3.8) is 0 Å². The van der Waals surface area contributed by atoms with E-state index in [1.54, 1.807) is 6.92 Å². The van der Waals surface area contributed by atoms with Crippen LogP contribution in [0.1, 0.15) is 18.9 Å². The van der Waals surface area contributed by atoms with Gasteiger partial charge in [0, 0.05) is 13.0 Å². The van der Waals surface area contributed by atoms with Crippen molar-refractivity contribution in [1.82, 2.24) is 15.6 Å². The molecule has 2 rings (SSSR count). The lowest BCUT2D eigenvalue weighted by atomic mass is 10.2. The summed E-state index contributed by atoms with van der Waals surface area (Å²) in [6.07, 6.45) is -4.84. The van der Waals surface area contributed by atoms with Crippen molar-refractivity contribution in [1.29, 1.82) is 0 Å². The predicted molar refractivity (Wildman–Crippen MR) is 111 cm³/mol. The topological polar surface area (TPSA) is 123 Å². The predicted octanol–water partition coefficient (Wildman–Crippen LogP) is 2.00. The minimum absolute atomic E-state index is 0.00796. The lowest BCUT2D eigenvalue weighted by Gasteiger charge is -2.11. The van der Waals surface area contributed by atoms with Gasteiger partial charge < -0.3 is 9.47 Å². The molecule has 0 radical (unpaired) electrons. The molecule has 13 heteroatoms. The van der Waals surface area contributed by atoms with Gasteiger partial charge in [0.25, 0.3) is 5.91 Å². The average molecular weight is 489 g/mol. The van der Waals surface area contributed by atoms with E-state index in [0.717, 1.165) is 18.2 Å². The second kappa shape index (κ2) is 11.5. The Labute approximate surface area is 188 Å². The van der Waals surface area contributed by atoms with Gasteiger partial charge in [0.2, 0.25) is 15.9 Å². The van der Waals surface area contributed by atoms with Gasteiger partial charge in [-0.3, -0.25) is 20.4 Å². The number of benzene rings is 2. The van der Waals surface area contributed by atoms with Crippen LogP contribution in [0.3, 0.4) is 0 Å². The number of sulfonamides is 1. The van der Waals surface area contributed by atoms with Gasteiger partial charge in [-0.05, 0) is 49.4 Å². The highest BCUT2D eigenvalue weighted by molar-refractivity contribution is 7.89. The number of hydrogen-bond donors (Lipinski definition) is 3. The molecule has 0 saturated carbocycles. The summed E-state index contributed by atoms with van der Waals surface area (Å²) in [6, 6.07) is 9.70. The monoisotopic (exact) mass is 489 g/mol. The van der Waals surface area contributed by atoms with Crippen molar-refractivity contribution < 1.29 is 40.7 Å². The van der Waals surface area contributed by atoms with Gasteiger partial charge in [-0.1, -0.05) is 6.07 Å². The molecule has 2 amide bonds. The number of carbonyl (C=O) groups is 2. The van der Waals surface area contributed by atoms with E-state index in [2.05, 4.69) is 10.1 Å². The molecule has 0 aliphatic rings. The number of alkyl halides is 3. The van der Waals surface area contributed by atoms with Crippen molar-refractivity contribution in [3.8, 4) is 11.5 Å². The lowest BCUT2D eigenvalue weighted by Crippen LogP contribution is -2.44. The van der Waals surface area contributed by atoms with Crippen LogP contribution >= 0.6 is 0 Å². The molecular formula is C20H22F3N3O6S. The van der Waals surface area contributed by atoms with Crippen LogP contribution in [-0.4, -0.2) is 40.0 Å². The van der Waals surface area contributed by atoms with Crippen molar-refractivity contribution in [2.24, 2.45) is 0 Å². The SMILES string of the molecule is CCOc1ccc(S(=O)(=O)NCCC(=O)NNC(=O)COc2cccc(C(F)(F)F)c2)cc1. The molecule has 33 heavy (non-hydrogen) atoms. The molecule has 0 bridgehead atoms. The van der Waals surface area contributed by atoms with Gasteiger partial charge in [0.1, 0.15) is 11.5 Å². The molecule has 9 nitrogen and oxygen atoms in total. The summed E-state index contributed by atoms with van der Waals surface area (Å²) < 4.78 is 74.9. The number of amides is 2. The summed E-state index contributed by atoms with van der Waals surface area (Å²) in [6.45, 7) is 1.35. The molecule has 180 valence electrons. The number of carbonyl (C=O) groups excluding carboxylic acids is 2. The van der Waals surface area contributed by atoms with E-state index in [-0.39, 0.29) is 23.6 Å². The van der Waals surface area contributed by atoms with Crippen LogP contribution in [0, 0.1) is 0 Å². The van der Waals surface area contributed by atoms with E-state index in [9.17, 15) is 31.2 Å². The lowest BCUT2D eigenvalue weighted by molar-refractivity contribution is -0.137. The van der Waals surface area contributed by atoms with E-state index in [4.69, 9.17) is 9.47 Å². The third-order valence-electron chi connectivity index (χ3n) is 3.96. The van der Waals surface area contributed by atoms with Crippen LogP contribution in [0.4, 0.5) is 13.2 Å². The summed E-state index contributed by atoms with van der Waals surface area (Å²) in [4.78, 5) is 23.5. The van der Waals surface area contributed by atoms with Crippen molar-refractivity contribution >= 4 is 21.8 Å². The number of rotatable bonds is 10. The van der Waals surface area contributed by atoms with Gasteiger partial charge in [-0.2, -0.15) is 13.2 Å². The zero-order valence-corrected chi connectivity index (χ0v) is 18.3. The number of nitrogens with one attached hydrogen (secondary N) is 3. The maximum absolute atomic E-state index is 12.7. The third kappa shape index (κ3) is 8.61. The van der Waals surface area contributed by atoms with Crippen LogP contribution in [0.2, 0.25) is 0 Å². The fraction of sp³-hybridized carbons (Fsp3) is 0.300. The number of hydrazine groups is 1. The maximum Gasteiger partial charge on any atom is 0.416 e. The van der Waals surface area contributed by atoms with Crippen LogP contribution in [0.5, 0.6) is 11.5 Å². The normalized spacial score (nSPS) is 11.5. The molecule has 0 heterocycles. The second-order valence-electron chi connectivity index (χ2n) is 6.46. The summed E-state index contributed by atoms with van der Waals surface area (Å²) in [5, 5.41) is 0. The van der Waals surface area contributed by atoms with Gasteiger partial charge >= 0.3 is 6.18 Å². The first-order valence-electron chi connectivity index (χ1n) is 9.61. The standard InChI is InChI=1S/C20H22F3N3O6S/c1-2-31-15-6-8-17(9-7-15)33(29,30)24-11-10-18(27)25-26-19(28)13-32-16-5-3-4-14(12-16)20(21,22)23/h3-9,12,24H,2,10-11,13H2,1H3,(H,25,27)(H,26,28). The second-order valence-corrected chi connectivity index (χ2v) is 8.23. The Morgan fingerprint density at radius 3 is 2.24 bits per heavy atom. The molecule has 0 atom stereocenters. The highest BCUT2D eigenvalue weighted by Gasteiger charge is 2.30. The number of halogens is 3. The third-order valence-corrected chi connectivity index (χ3v) is 5.44. The molecule has 2 aromatic carbocycles. The molecule has 0 aromatic heterocycles. The molecular weight excluding hydrogens is 467 g/mol. The van der Waals surface area contributed by atoms with E-state index < -0.39 is 40.2 Å². The van der Waals surface area contributed by atoms with Crippen LogP contribution in [0.15, 0.2) is 53.4 Å². The Balaban J connectivity index is 1.72. The smallest absolute Gasteiger partial charge is 0.416 e. The fourth-order valence-corrected chi connectivity index (χ4v) is 3.44. The van der Waals surface area contributed by atoms with Gasteiger partial charge in [-0.25, -0.2) is 13.1 Å². The van der Waals surface area contributed by atoms with E-state index in [1.165, 1.54) is 30.3 Å². The van der Waals surface area contributed by atoms with Gasteiger partial charge in [0.05, 0.1) is 17.1 Å². The summed E-state index contributed by atoms with van der Waals surface area (Å²) in [5.41, 5.74) is 3.14. The van der Waals surface area contributed by atoms with Crippen LogP contribution < -0.4 is 25.0 Å². The molecule has 0 aliphatic carbocycles. The summed E-state index contributed by atoms with van der Waals surface area (Å²) in [7, 11) is -3.85. The fourth-order valence-electron chi connectivity index (χ4n) is 2.41. The quantitative estimate of drug-likeness (QED) is 0.439. The average Bonchev–Trinajstić information content (AvgIpc) is 2.76. The molecule has 0 fully saturated rings. The van der Waals surface area contributed by atoms with Gasteiger partial charge in [-0.15, -0.1) is 0 Å². The Morgan fingerprint density at radius 2 is 1.61 bits per heavy atom. The van der Waals surface area contributed by atoms with Crippen LogP contribution in [-0.2, 0) is 25.8 Å². The molecule has 0 unspecified atom stereocenters. The van der Waals surface area contributed by atoms with Crippen molar-refractivity contribution in [2.45, 2.75) is 24.4 Å². The largest absolute Gasteiger partial charge is 0.494 e. The molecule has 3 N–H and O–H groups in total. The highest BCUT2D eigenvalue weighted by Crippen LogP contribution is 2.31. The number of hydrogen-bond acceptors (Lipinski definition) is 6. The summed E-state index contributed by atoms with van der Waals surface area (Å²) in [5.74, 6) is -1.17. The van der Waals surface area contributed by atoms with E-state index in [0.29, 0.717) is 12.4 Å². The first-order valence-corrected chi connectivity index (χ1v) is 11.1. The minimum atomic E-state index is -4.55. The Hall–Kier alpha value is -3.32. The minimum Gasteiger partial charge on any atom is -0.494 e. The molecule has 0 spiro atoms. The van der Waals surface area contributed by atoms with Crippen molar-refractivity contribution in [2.75, 3.05) is 19.8 Å².